The summed E-state index contributed by atoms with van der Waals surface area (Å²) in [4.78, 5) is 23.9. The van der Waals surface area contributed by atoms with Gasteiger partial charge in [-0.2, -0.15) is 0 Å². The molecule has 8 heteroatoms. The summed E-state index contributed by atoms with van der Waals surface area (Å²) >= 11 is 0. The Bertz CT molecular complexity index is 1500. The molecule has 0 radical (unpaired) electrons. The van der Waals surface area contributed by atoms with E-state index in [4.69, 9.17) is 29.2 Å². The SMILES string of the molecule is COc1ccc2cc([C@H](C)C(=O)OC(C)CO)ccc2c1.COc1ccc2cc([C@H](C)C(=O)OCC(C)O)ccc2c1. The smallest absolute Gasteiger partial charge is 0.313 e. The Morgan fingerprint density at radius 3 is 1.52 bits per heavy atom. The molecule has 0 aliphatic heterocycles. The molecular formula is C34H40O8. The monoisotopic (exact) mass is 576 g/mol. The predicted molar refractivity (Wildman–Crippen MR) is 163 cm³/mol. The fourth-order valence-corrected chi connectivity index (χ4v) is 4.21. The fraction of sp³-hybridized carbons (Fsp3) is 0.353. The van der Waals surface area contributed by atoms with Gasteiger partial charge in [0.25, 0.3) is 0 Å². The zero-order chi connectivity index (χ0) is 30.8. The predicted octanol–water partition coefficient (Wildman–Crippen LogP) is 5.75. The highest BCUT2D eigenvalue weighted by Gasteiger charge is 2.20. The highest BCUT2D eigenvalue weighted by molar-refractivity contribution is 5.88. The highest BCUT2D eigenvalue weighted by Crippen LogP contribution is 2.27. The molecule has 0 saturated heterocycles. The van der Waals surface area contributed by atoms with E-state index in [1.54, 1.807) is 41.9 Å². The van der Waals surface area contributed by atoms with Gasteiger partial charge in [-0.3, -0.25) is 9.59 Å². The average molecular weight is 577 g/mol. The Kier molecular flexibility index (Phi) is 11.7. The molecule has 42 heavy (non-hydrogen) atoms. The van der Waals surface area contributed by atoms with Crippen LogP contribution in [0.2, 0.25) is 0 Å². The minimum absolute atomic E-state index is 0.0218. The van der Waals surface area contributed by atoms with E-state index in [1.807, 2.05) is 72.8 Å². The molecule has 0 aromatic heterocycles. The van der Waals surface area contributed by atoms with Gasteiger partial charge in [0.2, 0.25) is 0 Å². The number of methoxy groups -OCH3 is 2. The van der Waals surface area contributed by atoms with E-state index in [2.05, 4.69) is 0 Å². The summed E-state index contributed by atoms with van der Waals surface area (Å²) in [5, 5.41) is 22.3. The molecule has 4 atom stereocenters. The first-order chi connectivity index (χ1) is 20.1. The Morgan fingerprint density at radius 1 is 0.667 bits per heavy atom. The van der Waals surface area contributed by atoms with Crippen LogP contribution in [0.25, 0.3) is 21.5 Å². The van der Waals surface area contributed by atoms with E-state index in [9.17, 15) is 9.59 Å². The van der Waals surface area contributed by atoms with Gasteiger partial charge in [0, 0.05) is 0 Å². The molecule has 4 aromatic rings. The highest BCUT2D eigenvalue weighted by atomic mass is 16.6. The van der Waals surface area contributed by atoms with E-state index in [0.29, 0.717) is 0 Å². The molecule has 4 rings (SSSR count). The van der Waals surface area contributed by atoms with Gasteiger partial charge in [-0.1, -0.05) is 48.5 Å². The number of hydrogen-bond donors (Lipinski definition) is 2. The van der Waals surface area contributed by atoms with Crippen molar-refractivity contribution in [2.75, 3.05) is 27.4 Å². The van der Waals surface area contributed by atoms with E-state index in [1.165, 1.54) is 0 Å². The number of fused-ring (bicyclic) bond motifs is 2. The molecule has 2 unspecified atom stereocenters. The Labute approximate surface area is 246 Å². The summed E-state index contributed by atoms with van der Waals surface area (Å²) in [6.45, 7) is 6.70. The van der Waals surface area contributed by atoms with Gasteiger partial charge in [0.15, 0.2) is 0 Å². The molecule has 0 saturated carbocycles. The normalized spacial score (nSPS) is 13.7. The molecule has 0 spiro atoms. The van der Waals surface area contributed by atoms with E-state index >= 15 is 0 Å². The van der Waals surface area contributed by atoms with Crippen LogP contribution in [0, 0.1) is 0 Å². The maximum absolute atomic E-state index is 12.0. The third kappa shape index (κ3) is 8.68. The summed E-state index contributed by atoms with van der Waals surface area (Å²) in [6.07, 6.45) is -1.13. The van der Waals surface area contributed by atoms with Crippen LogP contribution in [0.3, 0.4) is 0 Å². The van der Waals surface area contributed by atoms with Crippen molar-refractivity contribution in [3.8, 4) is 11.5 Å². The number of aliphatic hydroxyl groups excluding tert-OH is 2. The van der Waals surface area contributed by atoms with Crippen molar-refractivity contribution >= 4 is 33.5 Å². The van der Waals surface area contributed by atoms with Crippen molar-refractivity contribution in [1.29, 1.82) is 0 Å². The van der Waals surface area contributed by atoms with Gasteiger partial charge in [0.1, 0.15) is 24.2 Å². The topological polar surface area (TPSA) is 112 Å². The summed E-state index contributed by atoms with van der Waals surface area (Å²) in [7, 11) is 3.27. The van der Waals surface area contributed by atoms with Gasteiger partial charge in [0.05, 0.1) is 38.8 Å². The Morgan fingerprint density at radius 2 is 1.10 bits per heavy atom. The number of aliphatic hydroxyl groups is 2. The quantitative estimate of drug-likeness (QED) is 0.230. The van der Waals surface area contributed by atoms with Crippen LogP contribution < -0.4 is 9.47 Å². The van der Waals surface area contributed by atoms with Crippen molar-refractivity contribution in [3.05, 3.63) is 83.9 Å². The minimum Gasteiger partial charge on any atom is -0.497 e. The van der Waals surface area contributed by atoms with Crippen LogP contribution >= 0.6 is 0 Å². The lowest BCUT2D eigenvalue weighted by Crippen LogP contribution is -2.22. The third-order valence-corrected chi connectivity index (χ3v) is 6.89. The molecule has 0 aliphatic rings. The zero-order valence-corrected chi connectivity index (χ0v) is 25.0. The van der Waals surface area contributed by atoms with Gasteiger partial charge < -0.3 is 29.2 Å². The maximum Gasteiger partial charge on any atom is 0.313 e. The minimum atomic E-state index is -0.648. The Balaban J connectivity index is 0.000000230. The number of esters is 2. The molecule has 0 amide bonds. The second-order valence-corrected chi connectivity index (χ2v) is 10.3. The van der Waals surface area contributed by atoms with Gasteiger partial charge in [-0.15, -0.1) is 0 Å². The molecule has 0 aliphatic carbocycles. The number of rotatable bonds is 10. The first-order valence-electron chi connectivity index (χ1n) is 13.9. The maximum atomic E-state index is 12.0. The van der Waals surface area contributed by atoms with E-state index in [0.717, 1.165) is 44.2 Å². The van der Waals surface area contributed by atoms with Crippen molar-refractivity contribution in [3.63, 3.8) is 0 Å². The van der Waals surface area contributed by atoms with Gasteiger partial charge >= 0.3 is 11.9 Å². The van der Waals surface area contributed by atoms with Crippen LogP contribution in [-0.4, -0.2) is 61.8 Å². The van der Waals surface area contributed by atoms with Crippen molar-refractivity contribution < 1.29 is 38.7 Å². The molecule has 8 nitrogen and oxygen atoms in total. The standard InChI is InChI=1S/2C17H20O4/c1-11(18)10-21-17(19)12(2)13-4-5-15-9-16(20-3)7-6-14(15)8-13;1-11(10-18)21-17(19)12(2)13-4-5-15-9-16(20-3)7-6-14(15)8-13/h2*4-9,11-12,18H,10H2,1-3H3/t2*11?,12-/m00/s1. The van der Waals surface area contributed by atoms with E-state index in [-0.39, 0.29) is 37.0 Å². The summed E-state index contributed by atoms with van der Waals surface area (Å²) in [5.41, 5.74) is 1.78. The second-order valence-electron chi connectivity index (χ2n) is 10.3. The average Bonchev–Trinajstić information content (AvgIpc) is 3.01. The third-order valence-electron chi connectivity index (χ3n) is 6.89. The van der Waals surface area contributed by atoms with Gasteiger partial charge in [-0.05, 0) is 84.6 Å². The number of hydrogen-bond acceptors (Lipinski definition) is 8. The lowest BCUT2D eigenvalue weighted by molar-refractivity contribution is -0.151. The first-order valence-corrected chi connectivity index (χ1v) is 13.9. The fourth-order valence-electron chi connectivity index (χ4n) is 4.21. The lowest BCUT2D eigenvalue weighted by atomic mass is 9.98. The van der Waals surface area contributed by atoms with Crippen LogP contribution in [0.5, 0.6) is 11.5 Å². The zero-order valence-electron chi connectivity index (χ0n) is 25.0. The second kappa shape index (κ2) is 15.2. The van der Waals surface area contributed by atoms with Crippen molar-refractivity contribution in [2.24, 2.45) is 0 Å². The molecular weight excluding hydrogens is 536 g/mol. The molecule has 4 aromatic carbocycles. The molecule has 224 valence electrons. The van der Waals surface area contributed by atoms with E-state index < -0.39 is 12.2 Å². The first kappa shape index (κ1) is 32.4. The molecule has 2 N–H and O–H groups in total. The van der Waals surface area contributed by atoms with Gasteiger partial charge in [-0.25, -0.2) is 0 Å². The number of carbonyl (C=O) groups is 2. The van der Waals surface area contributed by atoms with Crippen molar-refractivity contribution in [1.82, 2.24) is 0 Å². The molecule has 0 bridgehead atoms. The van der Waals surface area contributed by atoms with Crippen LogP contribution in [0.4, 0.5) is 0 Å². The molecule has 0 fully saturated rings. The summed E-state index contributed by atoms with van der Waals surface area (Å²) < 4.78 is 20.6. The largest absolute Gasteiger partial charge is 0.497 e. The molecule has 0 heterocycles. The Hall–Kier alpha value is -4.14. The van der Waals surface area contributed by atoms with Crippen molar-refractivity contribution in [2.45, 2.75) is 51.7 Å². The van der Waals surface area contributed by atoms with Crippen LogP contribution in [0.1, 0.15) is 50.7 Å². The lowest BCUT2D eigenvalue weighted by Gasteiger charge is -2.16. The number of ether oxygens (including phenoxy) is 4. The number of carbonyl (C=O) groups excluding carboxylic acids is 2. The summed E-state index contributed by atoms with van der Waals surface area (Å²) in [6, 6.07) is 23.3. The summed E-state index contributed by atoms with van der Waals surface area (Å²) in [5.74, 6) is 0.216. The van der Waals surface area contributed by atoms with Crippen LogP contribution in [-0.2, 0) is 19.1 Å². The van der Waals surface area contributed by atoms with Crippen LogP contribution in [0.15, 0.2) is 72.8 Å². The number of benzene rings is 4.